The van der Waals surface area contributed by atoms with Crippen molar-refractivity contribution in [3.8, 4) is 0 Å². The van der Waals surface area contributed by atoms with Crippen LogP contribution < -0.4 is 0 Å². The van der Waals surface area contributed by atoms with Crippen molar-refractivity contribution in [1.29, 1.82) is 0 Å². The first-order valence-electron chi connectivity index (χ1n) is 12.9. The summed E-state index contributed by atoms with van der Waals surface area (Å²) in [5, 5.41) is 10.5. The zero-order valence-electron chi connectivity index (χ0n) is 20.6. The summed E-state index contributed by atoms with van der Waals surface area (Å²) in [4.78, 5) is 0. The molecule has 0 aromatic carbocycles. The Morgan fingerprint density at radius 1 is 1.13 bits per heavy atom. The largest absolute Gasteiger partial charge is 0.393 e. The van der Waals surface area contributed by atoms with E-state index in [4.69, 9.17) is 0 Å². The third-order valence-electron chi connectivity index (χ3n) is 10.4. The molecule has 1 fully saturated rings. The standard InChI is InChI=1S/C29H46O/c1-18(2)19(3)8-9-20(4)23-12-13-25-22-10-11-24-21(5)27(30)15-17-29(24,7)26(22)14-16-28(23,25)6/h13,18,20-21,23-24,27,30H,3,8-12,14-17H2,1-2,4-7H3/t20-,21+,23?,24?,27+,28-,29+/m1/s1. The van der Waals surface area contributed by atoms with Gasteiger partial charge in [0.25, 0.3) is 0 Å². The van der Waals surface area contributed by atoms with Gasteiger partial charge in [-0.1, -0.05) is 65.3 Å². The highest BCUT2D eigenvalue weighted by atomic mass is 16.3. The zero-order valence-corrected chi connectivity index (χ0v) is 20.6. The van der Waals surface area contributed by atoms with Gasteiger partial charge < -0.3 is 5.11 Å². The average molecular weight is 411 g/mol. The zero-order chi connectivity index (χ0) is 21.8. The van der Waals surface area contributed by atoms with Crippen molar-refractivity contribution in [3.05, 3.63) is 34.9 Å². The van der Waals surface area contributed by atoms with Crippen molar-refractivity contribution in [2.75, 3.05) is 0 Å². The minimum Gasteiger partial charge on any atom is -0.393 e. The lowest BCUT2D eigenvalue weighted by molar-refractivity contribution is -0.0287. The molecule has 0 radical (unpaired) electrons. The van der Waals surface area contributed by atoms with E-state index in [0.29, 0.717) is 28.6 Å². The van der Waals surface area contributed by atoms with E-state index in [9.17, 15) is 5.11 Å². The van der Waals surface area contributed by atoms with Gasteiger partial charge in [0.15, 0.2) is 0 Å². The van der Waals surface area contributed by atoms with E-state index < -0.39 is 0 Å². The fourth-order valence-corrected chi connectivity index (χ4v) is 8.10. The Hall–Kier alpha value is -0.820. The molecule has 0 aromatic heterocycles. The number of aliphatic hydroxyl groups is 1. The third kappa shape index (κ3) is 3.39. The minimum atomic E-state index is -0.0874. The van der Waals surface area contributed by atoms with E-state index in [2.05, 4.69) is 54.2 Å². The predicted octanol–water partition coefficient (Wildman–Crippen LogP) is 7.87. The molecule has 0 heterocycles. The minimum absolute atomic E-state index is 0.0874. The maximum Gasteiger partial charge on any atom is 0.0569 e. The second-order valence-electron chi connectivity index (χ2n) is 12.2. The van der Waals surface area contributed by atoms with Crippen molar-refractivity contribution < 1.29 is 5.11 Å². The molecule has 4 aliphatic rings. The van der Waals surface area contributed by atoms with Gasteiger partial charge in [0.2, 0.25) is 0 Å². The van der Waals surface area contributed by atoms with Crippen LogP contribution in [0, 0.1) is 40.4 Å². The van der Waals surface area contributed by atoms with Crippen molar-refractivity contribution >= 4 is 0 Å². The predicted molar refractivity (Wildman–Crippen MR) is 128 cm³/mol. The maximum atomic E-state index is 10.5. The highest BCUT2D eigenvalue weighted by Crippen LogP contribution is 2.64. The number of hydrogen-bond donors (Lipinski definition) is 1. The molecule has 0 amide bonds. The fourth-order valence-electron chi connectivity index (χ4n) is 8.10. The fraction of sp³-hybridized carbons (Fsp3) is 0.793. The van der Waals surface area contributed by atoms with Crippen LogP contribution in [0.15, 0.2) is 34.9 Å². The Labute approximate surface area is 186 Å². The molecule has 1 N–H and O–H groups in total. The number of allylic oxidation sites excluding steroid dienone is 5. The lowest BCUT2D eigenvalue weighted by Gasteiger charge is -2.55. The van der Waals surface area contributed by atoms with Gasteiger partial charge in [0.05, 0.1) is 6.10 Å². The second kappa shape index (κ2) is 7.95. The quantitative estimate of drug-likeness (QED) is 0.457. The summed E-state index contributed by atoms with van der Waals surface area (Å²) in [6.07, 6.45) is 13.6. The first-order chi connectivity index (χ1) is 14.1. The molecular weight excluding hydrogens is 364 g/mol. The summed E-state index contributed by atoms with van der Waals surface area (Å²) in [5.41, 5.74) is 7.41. The van der Waals surface area contributed by atoms with Gasteiger partial charge in [-0.2, -0.15) is 0 Å². The van der Waals surface area contributed by atoms with Crippen molar-refractivity contribution in [2.24, 2.45) is 40.4 Å². The molecule has 1 nitrogen and oxygen atoms in total. The summed E-state index contributed by atoms with van der Waals surface area (Å²) in [5.74, 6) is 3.28. The molecule has 2 unspecified atom stereocenters. The van der Waals surface area contributed by atoms with E-state index in [1.807, 2.05) is 0 Å². The molecule has 4 aliphatic carbocycles. The number of rotatable bonds is 5. The molecule has 0 bridgehead atoms. The molecular formula is C29H46O. The van der Waals surface area contributed by atoms with E-state index in [1.165, 1.54) is 56.9 Å². The lowest BCUT2D eigenvalue weighted by atomic mass is 9.49. The normalized spacial score (nSPS) is 41.8. The first-order valence-corrected chi connectivity index (χ1v) is 12.9. The summed E-state index contributed by atoms with van der Waals surface area (Å²) in [7, 11) is 0. The first kappa shape index (κ1) is 22.4. The molecule has 0 aromatic rings. The maximum absolute atomic E-state index is 10.5. The number of hydrogen-bond acceptors (Lipinski definition) is 1. The van der Waals surface area contributed by atoms with Crippen LogP contribution in [0.25, 0.3) is 0 Å². The van der Waals surface area contributed by atoms with Crippen LogP contribution in [-0.4, -0.2) is 11.2 Å². The van der Waals surface area contributed by atoms with Gasteiger partial charge in [-0.3, -0.25) is 0 Å². The lowest BCUT2D eigenvalue weighted by Crippen LogP contribution is -2.48. The number of aliphatic hydroxyl groups excluding tert-OH is 1. The van der Waals surface area contributed by atoms with Gasteiger partial charge in [-0.25, -0.2) is 0 Å². The van der Waals surface area contributed by atoms with Crippen LogP contribution in [0.4, 0.5) is 0 Å². The molecule has 30 heavy (non-hydrogen) atoms. The van der Waals surface area contributed by atoms with Crippen LogP contribution in [0.2, 0.25) is 0 Å². The highest BCUT2D eigenvalue weighted by molar-refractivity contribution is 5.49. The molecule has 1 saturated carbocycles. The molecule has 168 valence electrons. The molecule has 1 heteroatoms. The molecule has 4 rings (SSSR count). The molecule has 7 atom stereocenters. The Morgan fingerprint density at radius 2 is 1.87 bits per heavy atom. The van der Waals surface area contributed by atoms with Crippen LogP contribution in [-0.2, 0) is 0 Å². The van der Waals surface area contributed by atoms with E-state index in [1.54, 1.807) is 16.7 Å². The molecule has 0 aliphatic heterocycles. The number of fused-ring (bicyclic) bond motifs is 4. The smallest absolute Gasteiger partial charge is 0.0569 e. The second-order valence-corrected chi connectivity index (χ2v) is 12.2. The van der Waals surface area contributed by atoms with E-state index in [0.717, 1.165) is 18.3 Å². The topological polar surface area (TPSA) is 20.2 Å². The Balaban J connectivity index is 1.56. The summed E-state index contributed by atoms with van der Waals surface area (Å²) in [6, 6.07) is 0. The van der Waals surface area contributed by atoms with Crippen LogP contribution in [0.5, 0.6) is 0 Å². The monoisotopic (exact) mass is 410 g/mol. The van der Waals surface area contributed by atoms with Crippen molar-refractivity contribution in [3.63, 3.8) is 0 Å². The van der Waals surface area contributed by atoms with Gasteiger partial charge in [-0.05, 0) is 109 Å². The Kier molecular flexibility index (Phi) is 5.93. The Bertz CT molecular complexity index is 754. The van der Waals surface area contributed by atoms with Gasteiger partial charge in [0, 0.05) is 0 Å². The van der Waals surface area contributed by atoms with Crippen LogP contribution >= 0.6 is 0 Å². The van der Waals surface area contributed by atoms with Gasteiger partial charge in [0.1, 0.15) is 0 Å². The van der Waals surface area contributed by atoms with Crippen molar-refractivity contribution in [2.45, 2.75) is 105 Å². The SMILES string of the molecule is C=C(CC[C@@H](C)C1CC=C2C3=C(CC[C@@]21C)[C@@]1(C)CC[C@H](O)[C@@H](C)C1CC3)C(C)C. The van der Waals surface area contributed by atoms with Crippen molar-refractivity contribution in [1.82, 2.24) is 0 Å². The highest BCUT2D eigenvalue weighted by Gasteiger charge is 2.54. The molecule has 0 spiro atoms. The summed E-state index contributed by atoms with van der Waals surface area (Å²) < 4.78 is 0. The summed E-state index contributed by atoms with van der Waals surface area (Å²) in [6.45, 7) is 18.8. The van der Waals surface area contributed by atoms with Crippen LogP contribution in [0.3, 0.4) is 0 Å². The Morgan fingerprint density at radius 3 is 2.57 bits per heavy atom. The average Bonchev–Trinajstić information content (AvgIpc) is 3.06. The van der Waals surface area contributed by atoms with E-state index in [-0.39, 0.29) is 6.10 Å². The van der Waals surface area contributed by atoms with Gasteiger partial charge >= 0.3 is 0 Å². The van der Waals surface area contributed by atoms with Gasteiger partial charge in [-0.15, -0.1) is 0 Å². The third-order valence-corrected chi connectivity index (χ3v) is 10.4. The van der Waals surface area contributed by atoms with E-state index >= 15 is 0 Å². The van der Waals surface area contributed by atoms with Crippen LogP contribution in [0.1, 0.15) is 99.3 Å². The molecule has 0 saturated heterocycles. The summed E-state index contributed by atoms with van der Waals surface area (Å²) >= 11 is 0.